The number of carbonyl (C=O) groups excluding carboxylic acids is 2. The molecule has 0 N–H and O–H groups in total. The van der Waals surface area contributed by atoms with Gasteiger partial charge in [0.2, 0.25) is 11.8 Å². The van der Waals surface area contributed by atoms with Crippen LogP contribution in [0.2, 0.25) is 10.0 Å². The van der Waals surface area contributed by atoms with Crippen molar-refractivity contribution in [2.45, 2.75) is 31.2 Å². The van der Waals surface area contributed by atoms with E-state index >= 15 is 0 Å². The molecule has 0 radical (unpaired) electrons. The molecule has 2 aromatic rings. The highest BCUT2D eigenvalue weighted by Crippen LogP contribution is 2.39. The standard InChI is InChI=1S/C19H18Cl2N2O3/c1-26-18-4-2-3-17(22-18)23-16(9-10-24)13(6-8-19(23)25)12-5-7-14(20)15(21)11-12/h2-5,7,10-11,13,16H,6,8-9H2,1H3/t13-,16?/m0/s1. The Bertz CT molecular complexity index is 828. The van der Waals surface area contributed by atoms with E-state index in [4.69, 9.17) is 27.9 Å². The first-order valence-electron chi connectivity index (χ1n) is 8.27. The zero-order chi connectivity index (χ0) is 18.7. The van der Waals surface area contributed by atoms with Gasteiger partial charge in [0.05, 0.1) is 23.2 Å². The van der Waals surface area contributed by atoms with Crippen molar-refractivity contribution >= 4 is 41.2 Å². The molecule has 1 saturated heterocycles. The van der Waals surface area contributed by atoms with E-state index < -0.39 is 0 Å². The van der Waals surface area contributed by atoms with E-state index in [2.05, 4.69) is 4.98 Å². The SMILES string of the molecule is COc1cccc(N2C(=O)CC[C@@H](c3ccc(Cl)c(Cl)c3)C2CC=O)n1. The van der Waals surface area contributed by atoms with Crippen molar-refractivity contribution in [3.8, 4) is 5.88 Å². The number of anilines is 1. The van der Waals surface area contributed by atoms with E-state index in [0.29, 0.717) is 34.6 Å². The number of halogens is 2. The van der Waals surface area contributed by atoms with Gasteiger partial charge >= 0.3 is 0 Å². The van der Waals surface area contributed by atoms with Crippen molar-refractivity contribution < 1.29 is 14.3 Å². The van der Waals surface area contributed by atoms with Crippen LogP contribution >= 0.6 is 23.2 Å². The Balaban J connectivity index is 2.02. The van der Waals surface area contributed by atoms with E-state index in [1.54, 1.807) is 35.2 Å². The monoisotopic (exact) mass is 392 g/mol. The molecule has 1 amide bonds. The second-order valence-corrected chi connectivity index (χ2v) is 6.90. The maximum Gasteiger partial charge on any atom is 0.228 e. The summed E-state index contributed by atoms with van der Waals surface area (Å²) in [6.07, 6.45) is 2.03. The quantitative estimate of drug-likeness (QED) is 0.712. The van der Waals surface area contributed by atoms with Crippen LogP contribution in [-0.2, 0) is 9.59 Å². The number of aldehydes is 1. The summed E-state index contributed by atoms with van der Waals surface area (Å²) in [7, 11) is 1.52. The minimum Gasteiger partial charge on any atom is -0.481 e. The van der Waals surface area contributed by atoms with Gasteiger partial charge in [-0.15, -0.1) is 0 Å². The highest BCUT2D eigenvalue weighted by molar-refractivity contribution is 6.42. The summed E-state index contributed by atoms with van der Waals surface area (Å²) in [5, 5.41) is 0.928. The van der Waals surface area contributed by atoms with Crippen molar-refractivity contribution in [1.29, 1.82) is 0 Å². The lowest BCUT2D eigenvalue weighted by Gasteiger charge is -2.40. The third-order valence-corrected chi connectivity index (χ3v) is 5.35. The van der Waals surface area contributed by atoms with Crippen LogP contribution in [0.4, 0.5) is 5.82 Å². The molecule has 1 unspecified atom stereocenters. The van der Waals surface area contributed by atoms with Crippen LogP contribution < -0.4 is 9.64 Å². The fraction of sp³-hybridized carbons (Fsp3) is 0.316. The normalized spacial score (nSPS) is 20.1. The molecule has 1 fully saturated rings. The molecular formula is C19H18Cl2N2O3. The molecule has 2 atom stereocenters. The molecule has 3 rings (SSSR count). The molecule has 2 heterocycles. The zero-order valence-electron chi connectivity index (χ0n) is 14.2. The van der Waals surface area contributed by atoms with Gasteiger partial charge in [-0.05, 0) is 30.2 Å². The van der Waals surface area contributed by atoms with Crippen LogP contribution in [0, 0.1) is 0 Å². The maximum atomic E-state index is 12.7. The van der Waals surface area contributed by atoms with E-state index in [0.717, 1.165) is 11.8 Å². The first-order valence-corrected chi connectivity index (χ1v) is 9.02. The number of carbonyl (C=O) groups is 2. The number of amides is 1. The van der Waals surface area contributed by atoms with E-state index in [9.17, 15) is 9.59 Å². The number of hydrogen-bond acceptors (Lipinski definition) is 4. The highest BCUT2D eigenvalue weighted by Gasteiger charge is 2.38. The van der Waals surface area contributed by atoms with Gasteiger partial charge < -0.3 is 9.53 Å². The van der Waals surface area contributed by atoms with Gasteiger partial charge in [0.1, 0.15) is 12.1 Å². The first-order chi connectivity index (χ1) is 12.5. The molecule has 0 saturated carbocycles. The Morgan fingerprint density at radius 2 is 2.08 bits per heavy atom. The van der Waals surface area contributed by atoms with Crippen LogP contribution in [0.15, 0.2) is 36.4 Å². The Morgan fingerprint density at radius 1 is 1.27 bits per heavy atom. The van der Waals surface area contributed by atoms with Crippen LogP contribution in [-0.4, -0.2) is 30.3 Å². The van der Waals surface area contributed by atoms with Gasteiger partial charge in [0, 0.05) is 24.8 Å². The number of methoxy groups -OCH3 is 1. The average Bonchev–Trinajstić information content (AvgIpc) is 2.65. The molecule has 1 aliphatic rings. The highest BCUT2D eigenvalue weighted by atomic mass is 35.5. The molecule has 7 heteroatoms. The number of rotatable bonds is 5. The number of benzene rings is 1. The van der Waals surface area contributed by atoms with Crippen molar-refractivity contribution in [2.24, 2.45) is 0 Å². The fourth-order valence-electron chi connectivity index (χ4n) is 3.41. The number of hydrogen-bond donors (Lipinski definition) is 0. The van der Waals surface area contributed by atoms with E-state index in [-0.39, 0.29) is 24.3 Å². The maximum absolute atomic E-state index is 12.7. The van der Waals surface area contributed by atoms with Gasteiger partial charge in [-0.2, -0.15) is 4.98 Å². The summed E-state index contributed by atoms with van der Waals surface area (Å²) in [6, 6.07) is 10.3. The molecule has 0 aliphatic carbocycles. The van der Waals surface area contributed by atoms with Crippen molar-refractivity contribution in [1.82, 2.24) is 4.98 Å². The van der Waals surface area contributed by atoms with E-state index in [1.807, 2.05) is 6.07 Å². The molecule has 136 valence electrons. The summed E-state index contributed by atoms with van der Waals surface area (Å²) < 4.78 is 5.17. The summed E-state index contributed by atoms with van der Waals surface area (Å²) in [5.74, 6) is 0.789. The number of ether oxygens (including phenoxy) is 1. The molecule has 5 nitrogen and oxygen atoms in total. The topological polar surface area (TPSA) is 59.5 Å². The number of nitrogens with zero attached hydrogens (tertiary/aromatic N) is 2. The average molecular weight is 393 g/mol. The van der Waals surface area contributed by atoms with Crippen molar-refractivity contribution in [2.75, 3.05) is 12.0 Å². The van der Waals surface area contributed by atoms with Gasteiger partial charge in [0.15, 0.2) is 0 Å². The molecular weight excluding hydrogens is 375 g/mol. The van der Waals surface area contributed by atoms with E-state index in [1.165, 1.54) is 7.11 Å². The minimum absolute atomic E-state index is 0.0410. The molecule has 1 aliphatic heterocycles. The zero-order valence-corrected chi connectivity index (χ0v) is 15.7. The van der Waals surface area contributed by atoms with Gasteiger partial charge in [-0.1, -0.05) is 35.3 Å². The third-order valence-electron chi connectivity index (χ3n) is 4.61. The van der Waals surface area contributed by atoms with Crippen molar-refractivity contribution in [3.63, 3.8) is 0 Å². The summed E-state index contributed by atoms with van der Waals surface area (Å²) in [5.41, 5.74) is 0.951. The lowest BCUT2D eigenvalue weighted by molar-refractivity contribution is -0.120. The Morgan fingerprint density at radius 3 is 2.77 bits per heavy atom. The number of pyridine rings is 1. The van der Waals surface area contributed by atoms with Crippen LogP contribution in [0.5, 0.6) is 5.88 Å². The van der Waals surface area contributed by atoms with Gasteiger partial charge in [0.25, 0.3) is 0 Å². The molecule has 0 bridgehead atoms. The largest absolute Gasteiger partial charge is 0.481 e. The lowest BCUT2D eigenvalue weighted by atomic mass is 9.82. The predicted octanol–water partition coefficient (Wildman–Crippen LogP) is 4.27. The smallest absolute Gasteiger partial charge is 0.228 e. The number of aromatic nitrogens is 1. The summed E-state index contributed by atoms with van der Waals surface area (Å²) in [4.78, 5) is 30.0. The lowest BCUT2D eigenvalue weighted by Crippen LogP contribution is -2.48. The van der Waals surface area contributed by atoms with Gasteiger partial charge in [-0.25, -0.2) is 0 Å². The van der Waals surface area contributed by atoms with Crippen molar-refractivity contribution in [3.05, 3.63) is 52.0 Å². The predicted molar refractivity (Wildman–Crippen MR) is 101 cm³/mol. The molecule has 1 aromatic heterocycles. The van der Waals surface area contributed by atoms with Crippen LogP contribution in [0.1, 0.15) is 30.7 Å². The fourth-order valence-corrected chi connectivity index (χ4v) is 3.71. The minimum atomic E-state index is -0.342. The number of piperidine rings is 1. The second kappa shape index (κ2) is 8.06. The Labute approximate surface area is 161 Å². The summed E-state index contributed by atoms with van der Waals surface area (Å²) >= 11 is 12.2. The first kappa shape index (κ1) is 18.7. The molecule has 26 heavy (non-hydrogen) atoms. The Kier molecular flexibility index (Phi) is 5.79. The third kappa shape index (κ3) is 3.69. The summed E-state index contributed by atoms with van der Waals surface area (Å²) in [6.45, 7) is 0. The van der Waals surface area contributed by atoms with Crippen LogP contribution in [0.3, 0.4) is 0 Å². The molecule has 1 aromatic carbocycles. The van der Waals surface area contributed by atoms with Gasteiger partial charge in [-0.3, -0.25) is 9.69 Å². The Hall–Kier alpha value is -2.11. The molecule has 0 spiro atoms. The second-order valence-electron chi connectivity index (χ2n) is 6.09. The van der Waals surface area contributed by atoms with Crippen LogP contribution in [0.25, 0.3) is 0 Å².